The lowest BCUT2D eigenvalue weighted by Gasteiger charge is -2.15. The van der Waals surface area contributed by atoms with Crippen molar-refractivity contribution >= 4 is 11.6 Å². The summed E-state index contributed by atoms with van der Waals surface area (Å²) >= 11 is 0. The highest BCUT2D eigenvalue weighted by Crippen LogP contribution is 2.25. The van der Waals surface area contributed by atoms with Gasteiger partial charge in [0.2, 0.25) is 5.91 Å². The van der Waals surface area contributed by atoms with Gasteiger partial charge in [-0.2, -0.15) is 0 Å². The van der Waals surface area contributed by atoms with Crippen LogP contribution in [0.3, 0.4) is 0 Å². The van der Waals surface area contributed by atoms with Crippen LogP contribution in [-0.2, 0) is 4.79 Å². The lowest BCUT2D eigenvalue weighted by molar-refractivity contribution is -0.120. The number of hydrogen-bond acceptors (Lipinski definition) is 3. The molecule has 1 aromatic carbocycles. The van der Waals surface area contributed by atoms with Crippen LogP contribution in [-0.4, -0.2) is 23.6 Å². The Morgan fingerprint density at radius 2 is 2.29 bits per heavy atom. The largest absolute Gasteiger partial charge is 0.506 e. The van der Waals surface area contributed by atoms with E-state index in [0.29, 0.717) is 5.69 Å². The maximum absolute atomic E-state index is 12.0. The summed E-state index contributed by atoms with van der Waals surface area (Å²) in [5, 5.41) is 15.7. The molecule has 1 heterocycles. The maximum Gasteiger partial charge on any atom is 0.229 e. The first-order valence-electron chi connectivity index (χ1n) is 5.92. The third kappa shape index (κ3) is 2.58. The van der Waals surface area contributed by atoms with Crippen LogP contribution in [0.5, 0.6) is 5.75 Å². The van der Waals surface area contributed by atoms with Crippen molar-refractivity contribution in [1.29, 1.82) is 0 Å². The topological polar surface area (TPSA) is 61.4 Å². The first kappa shape index (κ1) is 11.9. The van der Waals surface area contributed by atoms with Gasteiger partial charge in [-0.3, -0.25) is 4.79 Å². The van der Waals surface area contributed by atoms with Gasteiger partial charge >= 0.3 is 0 Å². The molecule has 17 heavy (non-hydrogen) atoms. The molecule has 1 aliphatic rings. The first-order valence-corrected chi connectivity index (χ1v) is 5.92. The average molecular weight is 234 g/mol. The van der Waals surface area contributed by atoms with Crippen LogP contribution in [0.15, 0.2) is 18.2 Å². The number of carbonyl (C=O) groups excluding carboxylic acids is 1. The normalized spacial score (nSPS) is 23.6. The fourth-order valence-corrected chi connectivity index (χ4v) is 2.19. The van der Waals surface area contributed by atoms with Gasteiger partial charge in [0.05, 0.1) is 11.6 Å². The van der Waals surface area contributed by atoms with Crippen molar-refractivity contribution in [2.45, 2.75) is 26.3 Å². The van der Waals surface area contributed by atoms with E-state index >= 15 is 0 Å². The third-order valence-electron chi connectivity index (χ3n) is 3.27. The van der Waals surface area contributed by atoms with Crippen molar-refractivity contribution in [3.63, 3.8) is 0 Å². The van der Waals surface area contributed by atoms with Gasteiger partial charge in [0.1, 0.15) is 5.75 Å². The monoisotopic (exact) mass is 234 g/mol. The summed E-state index contributed by atoms with van der Waals surface area (Å²) in [6.07, 6.45) is 0.847. The van der Waals surface area contributed by atoms with Gasteiger partial charge in [-0.1, -0.05) is 6.07 Å². The van der Waals surface area contributed by atoms with Gasteiger partial charge in [0, 0.05) is 6.04 Å². The molecule has 0 saturated carbocycles. The van der Waals surface area contributed by atoms with Gasteiger partial charge in [-0.05, 0) is 44.5 Å². The molecule has 0 bridgehead atoms. The van der Waals surface area contributed by atoms with Gasteiger partial charge in [-0.25, -0.2) is 0 Å². The molecule has 4 nitrogen and oxygen atoms in total. The highest BCUT2D eigenvalue weighted by Gasteiger charge is 2.29. The molecule has 1 saturated heterocycles. The van der Waals surface area contributed by atoms with Crippen LogP contribution in [0.1, 0.15) is 18.9 Å². The summed E-state index contributed by atoms with van der Waals surface area (Å²) < 4.78 is 0. The Hall–Kier alpha value is -1.55. The Labute approximate surface area is 101 Å². The van der Waals surface area contributed by atoms with Gasteiger partial charge in [0.15, 0.2) is 0 Å². The van der Waals surface area contributed by atoms with Gasteiger partial charge in [-0.15, -0.1) is 0 Å². The number of amides is 1. The number of hydrogen-bond donors (Lipinski definition) is 3. The summed E-state index contributed by atoms with van der Waals surface area (Å²) in [6.45, 7) is 4.81. The second-order valence-electron chi connectivity index (χ2n) is 4.65. The first-order chi connectivity index (χ1) is 8.08. The van der Waals surface area contributed by atoms with E-state index in [4.69, 9.17) is 0 Å². The Bertz CT molecular complexity index is 431. The summed E-state index contributed by atoms with van der Waals surface area (Å²) in [4.78, 5) is 12.0. The predicted octanol–water partition coefficient (Wildman–Crippen LogP) is 1.64. The number of aryl methyl sites for hydroxylation is 1. The molecule has 2 unspecified atom stereocenters. The van der Waals surface area contributed by atoms with E-state index in [2.05, 4.69) is 10.6 Å². The lowest BCUT2D eigenvalue weighted by atomic mass is 10.0. The molecule has 2 atom stereocenters. The van der Waals surface area contributed by atoms with E-state index in [1.807, 2.05) is 19.9 Å². The van der Waals surface area contributed by atoms with Crippen molar-refractivity contribution in [3.05, 3.63) is 23.8 Å². The maximum atomic E-state index is 12.0. The Balaban J connectivity index is 2.10. The fraction of sp³-hybridized carbons (Fsp3) is 0.462. The SMILES string of the molecule is Cc1ccc(O)c(NC(=O)C2CCNC2C)c1. The van der Waals surface area contributed by atoms with Gasteiger partial charge in [0.25, 0.3) is 0 Å². The molecule has 0 spiro atoms. The number of carbonyl (C=O) groups is 1. The molecule has 1 fully saturated rings. The molecule has 4 heteroatoms. The van der Waals surface area contributed by atoms with Crippen LogP contribution in [0.4, 0.5) is 5.69 Å². The summed E-state index contributed by atoms with van der Waals surface area (Å²) in [5.74, 6) is 0.0703. The van der Waals surface area contributed by atoms with Gasteiger partial charge < -0.3 is 15.7 Å². The second kappa shape index (κ2) is 4.75. The number of aromatic hydroxyl groups is 1. The van der Waals surface area contributed by atoms with Crippen molar-refractivity contribution < 1.29 is 9.90 Å². The van der Waals surface area contributed by atoms with E-state index in [0.717, 1.165) is 18.5 Å². The summed E-state index contributed by atoms with van der Waals surface area (Å²) in [6, 6.07) is 5.38. The number of anilines is 1. The van der Waals surface area contributed by atoms with Crippen molar-refractivity contribution in [2.75, 3.05) is 11.9 Å². The van der Waals surface area contributed by atoms with Crippen molar-refractivity contribution in [2.24, 2.45) is 5.92 Å². The summed E-state index contributed by atoms with van der Waals surface area (Å²) in [7, 11) is 0. The zero-order chi connectivity index (χ0) is 12.4. The smallest absolute Gasteiger partial charge is 0.229 e. The van der Waals surface area contributed by atoms with E-state index in [9.17, 15) is 9.90 Å². The minimum atomic E-state index is -0.0246. The number of benzene rings is 1. The molecular formula is C13H18N2O2. The molecule has 0 aromatic heterocycles. The van der Waals surface area contributed by atoms with E-state index < -0.39 is 0 Å². The molecule has 0 aliphatic carbocycles. The predicted molar refractivity (Wildman–Crippen MR) is 67.0 cm³/mol. The van der Waals surface area contributed by atoms with E-state index in [-0.39, 0.29) is 23.6 Å². The molecule has 1 aromatic rings. The molecule has 2 rings (SSSR count). The van der Waals surface area contributed by atoms with Crippen LogP contribution >= 0.6 is 0 Å². The van der Waals surface area contributed by atoms with E-state index in [1.165, 1.54) is 0 Å². The van der Waals surface area contributed by atoms with Crippen LogP contribution in [0.25, 0.3) is 0 Å². The zero-order valence-corrected chi connectivity index (χ0v) is 10.2. The standard InChI is InChI=1S/C13H18N2O2/c1-8-3-4-12(16)11(7-8)15-13(17)10-5-6-14-9(10)2/h3-4,7,9-10,14,16H,5-6H2,1-2H3,(H,15,17). The molecular weight excluding hydrogens is 216 g/mol. The number of phenolic OH excluding ortho intramolecular Hbond substituents is 1. The number of nitrogens with one attached hydrogen (secondary N) is 2. The minimum Gasteiger partial charge on any atom is -0.506 e. The van der Waals surface area contributed by atoms with Crippen LogP contribution in [0.2, 0.25) is 0 Å². The zero-order valence-electron chi connectivity index (χ0n) is 10.2. The van der Waals surface area contributed by atoms with Crippen LogP contribution < -0.4 is 10.6 Å². The Morgan fingerprint density at radius 3 is 2.94 bits per heavy atom. The molecule has 1 aliphatic heterocycles. The quantitative estimate of drug-likeness (QED) is 0.682. The van der Waals surface area contributed by atoms with Crippen LogP contribution in [0, 0.1) is 12.8 Å². The van der Waals surface area contributed by atoms with Crippen molar-refractivity contribution in [3.8, 4) is 5.75 Å². The number of rotatable bonds is 2. The Kier molecular flexibility index (Phi) is 3.33. The fourth-order valence-electron chi connectivity index (χ4n) is 2.19. The lowest BCUT2D eigenvalue weighted by Crippen LogP contribution is -2.32. The third-order valence-corrected chi connectivity index (χ3v) is 3.27. The van der Waals surface area contributed by atoms with Crippen molar-refractivity contribution in [1.82, 2.24) is 5.32 Å². The Morgan fingerprint density at radius 1 is 1.53 bits per heavy atom. The average Bonchev–Trinajstić information content (AvgIpc) is 2.70. The second-order valence-corrected chi connectivity index (χ2v) is 4.65. The summed E-state index contributed by atoms with van der Waals surface area (Å²) in [5.41, 5.74) is 1.50. The number of phenols is 1. The molecule has 92 valence electrons. The minimum absolute atomic E-state index is 0.0186. The highest BCUT2D eigenvalue weighted by molar-refractivity contribution is 5.94. The van der Waals surface area contributed by atoms with E-state index in [1.54, 1.807) is 12.1 Å². The highest BCUT2D eigenvalue weighted by atomic mass is 16.3. The molecule has 0 radical (unpaired) electrons. The molecule has 3 N–H and O–H groups in total. The molecule has 1 amide bonds.